The number of allylic oxidation sites excluding steroid dienone is 2. The summed E-state index contributed by atoms with van der Waals surface area (Å²) >= 11 is 0. The molecule has 0 fully saturated rings. The van der Waals surface area contributed by atoms with Gasteiger partial charge in [-0.1, -0.05) is 48.6 Å². The van der Waals surface area contributed by atoms with Crippen molar-refractivity contribution in [3.05, 3.63) is 78.5 Å². The SMILES string of the molecule is C=C(C)c1ccc2c(ccn2-c2ccccc2)c1/C=C\C. The number of aromatic nitrogens is 1. The fourth-order valence-corrected chi connectivity index (χ4v) is 2.77. The van der Waals surface area contributed by atoms with E-state index in [4.69, 9.17) is 0 Å². The lowest BCUT2D eigenvalue weighted by atomic mass is 9.98. The van der Waals surface area contributed by atoms with Gasteiger partial charge in [-0.15, -0.1) is 0 Å². The van der Waals surface area contributed by atoms with Crippen LogP contribution in [0, 0.1) is 0 Å². The molecule has 0 aliphatic heterocycles. The Morgan fingerprint density at radius 3 is 2.48 bits per heavy atom. The van der Waals surface area contributed by atoms with Crippen molar-refractivity contribution in [1.82, 2.24) is 4.57 Å². The maximum Gasteiger partial charge on any atom is 0.0534 e. The highest BCUT2D eigenvalue weighted by Crippen LogP contribution is 2.30. The normalized spacial score (nSPS) is 11.3. The van der Waals surface area contributed by atoms with Crippen LogP contribution >= 0.6 is 0 Å². The second-order valence-corrected chi connectivity index (χ2v) is 5.26. The van der Waals surface area contributed by atoms with Crippen molar-refractivity contribution in [3.8, 4) is 5.69 Å². The van der Waals surface area contributed by atoms with Crippen LogP contribution in [0.4, 0.5) is 0 Å². The summed E-state index contributed by atoms with van der Waals surface area (Å²) in [7, 11) is 0. The van der Waals surface area contributed by atoms with E-state index in [1.165, 1.54) is 27.7 Å². The molecule has 1 nitrogen and oxygen atoms in total. The molecule has 0 N–H and O–H groups in total. The van der Waals surface area contributed by atoms with E-state index in [0.29, 0.717) is 0 Å². The fourth-order valence-electron chi connectivity index (χ4n) is 2.77. The molecule has 0 bridgehead atoms. The van der Waals surface area contributed by atoms with Crippen LogP contribution in [-0.2, 0) is 0 Å². The Balaban J connectivity index is 2.30. The molecule has 2 aromatic carbocycles. The van der Waals surface area contributed by atoms with E-state index in [-0.39, 0.29) is 0 Å². The summed E-state index contributed by atoms with van der Waals surface area (Å²) in [4.78, 5) is 0. The van der Waals surface area contributed by atoms with Crippen LogP contribution in [-0.4, -0.2) is 4.57 Å². The van der Waals surface area contributed by atoms with E-state index in [0.717, 1.165) is 5.57 Å². The number of rotatable bonds is 3. The molecule has 0 spiro atoms. The van der Waals surface area contributed by atoms with Crippen molar-refractivity contribution in [2.45, 2.75) is 13.8 Å². The number of fused-ring (bicyclic) bond motifs is 1. The van der Waals surface area contributed by atoms with E-state index < -0.39 is 0 Å². The molecule has 0 aliphatic carbocycles. The highest BCUT2D eigenvalue weighted by molar-refractivity contribution is 5.95. The van der Waals surface area contributed by atoms with Gasteiger partial charge in [-0.05, 0) is 49.2 Å². The van der Waals surface area contributed by atoms with Crippen LogP contribution in [0.15, 0.2) is 67.4 Å². The van der Waals surface area contributed by atoms with E-state index in [2.05, 4.69) is 85.8 Å². The summed E-state index contributed by atoms with van der Waals surface area (Å²) in [5.74, 6) is 0. The average molecular weight is 273 g/mol. The van der Waals surface area contributed by atoms with Gasteiger partial charge in [0.1, 0.15) is 0 Å². The van der Waals surface area contributed by atoms with Crippen LogP contribution in [0.3, 0.4) is 0 Å². The van der Waals surface area contributed by atoms with E-state index in [1.54, 1.807) is 0 Å². The average Bonchev–Trinajstić information content (AvgIpc) is 2.93. The van der Waals surface area contributed by atoms with Gasteiger partial charge >= 0.3 is 0 Å². The predicted molar refractivity (Wildman–Crippen MR) is 92.7 cm³/mol. The molecule has 1 aromatic heterocycles. The molecule has 0 amide bonds. The van der Waals surface area contributed by atoms with Gasteiger partial charge in [0, 0.05) is 17.3 Å². The molecule has 1 heterocycles. The Bertz CT molecular complexity index is 820. The topological polar surface area (TPSA) is 4.93 Å². The molecule has 1 heteroatoms. The Morgan fingerprint density at radius 2 is 1.81 bits per heavy atom. The molecule has 0 aliphatic rings. The van der Waals surface area contributed by atoms with Crippen LogP contribution in [0.5, 0.6) is 0 Å². The van der Waals surface area contributed by atoms with Crippen molar-refractivity contribution < 1.29 is 0 Å². The smallest absolute Gasteiger partial charge is 0.0534 e. The molecule has 0 saturated heterocycles. The second kappa shape index (κ2) is 5.45. The molecule has 0 unspecified atom stereocenters. The number of hydrogen-bond acceptors (Lipinski definition) is 0. The molecular weight excluding hydrogens is 254 g/mol. The third-order valence-corrected chi connectivity index (χ3v) is 3.74. The highest BCUT2D eigenvalue weighted by Gasteiger charge is 2.10. The molecule has 0 radical (unpaired) electrons. The fraction of sp³-hybridized carbons (Fsp3) is 0.100. The predicted octanol–water partition coefficient (Wildman–Crippen LogP) is 5.70. The molecule has 0 atom stereocenters. The lowest BCUT2D eigenvalue weighted by molar-refractivity contribution is 1.13. The summed E-state index contributed by atoms with van der Waals surface area (Å²) in [6, 6.07) is 17.0. The maximum absolute atomic E-state index is 4.10. The van der Waals surface area contributed by atoms with Crippen molar-refractivity contribution in [2.24, 2.45) is 0 Å². The largest absolute Gasteiger partial charge is 0.317 e. The van der Waals surface area contributed by atoms with Crippen molar-refractivity contribution in [1.29, 1.82) is 0 Å². The lowest BCUT2D eigenvalue weighted by Crippen LogP contribution is -1.92. The Morgan fingerprint density at radius 1 is 1.05 bits per heavy atom. The first-order valence-corrected chi connectivity index (χ1v) is 7.20. The van der Waals surface area contributed by atoms with E-state index in [1.807, 2.05) is 6.07 Å². The molecule has 21 heavy (non-hydrogen) atoms. The zero-order valence-electron chi connectivity index (χ0n) is 12.5. The van der Waals surface area contributed by atoms with Crippen molar-refractivity contribution in [2.75, 3.05) is 0 Å². The zero-order valence-corrected chi connectivity index (χ0v) is 12.5. The van der Waals surface area contributed by atoms with Gasteiger partial charge in [-0.3, -0.25) is 0 Å². The zero-order chi connectivity index (χ0) is 14.8. The van der Waals surface area contributed by atoms with Gasteiger partial charge in [-0.2, -0.15) is 0 Å². The summed E-state index contributed by atoms with van der Waals surface area (Å²) in [6.07, 6.45) is 6.39. The minimum absolute atomic E-state index is 1.09. The second-order valence-electron chi connectivity index (χ2n) is 5.26. The number of hydrogen-bond donors (Lipinski definition) is 0. The molecule has 3 rings (SSSR count). The summed E-state index contributed by atoms with van der Waals surface area (Å²) in [6.45, 7) is 8.21. The minimum Gasteiger partial charge on any atom is -0.317 e. The van der Waals surface area contributed by atoms with Gasteiger partial charge in [0.25, 0.3) is 0 Å². The maximum atomic E-state index is 4.10. The van der Waals surface area contributed by atoms with E-state index >= 15 is 0 Å². The van der Waals surface area contributed by atoms with Gasteiger partial charge in [-0.25, -0.2) is 0 Å². The van der Waals surface area contributed by atoms with Gasteiger partial charge in [0.2, 0.25) is 0 Å². The quantitative estimate of drug-likeness (QED) is 0.577. The Labute approximate surface area is 125 Å². The first-order chi connectivity index (χ1) is 10.2. The third kappa shape index (κ3) is 2.31. The van der Waals surface area contributed by atoms with Crippen LogP contribution in [0.25, 0.3) is 28.2 Å². The third-order valence-electron chi connectivity index (χ3n) is 3.74. The van der Waals surface area contributed by atoms with Gasteiger partial charge in [0.15, 0.2) is 0 Å². The monoisotopic (exact) mass is 273 g/mol. The first kappa shape index (κ1) is 13.4. The molecule has 104 valence electrons. The van der Waals surface area contributed by atoms with Crippen molar-refractivity contribution >= 4 is 22.6 Å². The number of benzene rings is 2. The first-order valence-electron chi connectivity index (χ1n) is 7.20. The Kier molecular flexibility index (Phi) is 3.49. The molecule has 0 saturated carbocycles. The summed E-state index contributed by atoms with van der Waals surface area (Å²) in [5.41, 5.74) is 5.96. The van der Waals surface area contributed by atoms with E-state index in [9.17, 15) is 0 Å². The number of nitrogens with zero attached hydrogens (tertiary/aromatic N) is 1. The highest BCUT2D eigenvalue weighted by atomic mass is 15.0. The van der Waals surface area contributed by atoms with Gasteiger partial charge < -0.3 is 4.57 Å². The van der Waals surface area contributed by atoms with Crippen LogP contribution in [0.2, 0.25) is 0 Å². The lowest BCUT2D eigenvalue weighted by Gasteiger charge is -2.10. The minimum atomic E-state index is 1.09. The summed E-state index contributed by atoms with van der Waals surface area (Å²) in [5, 5.41) is 1.26. The summed E-state index contributed by atoms with van der Waals surface area (Å²) < 4.78 is 2.23. The van der Waals surface area contributed by atoms with Crippen LogP contribution in [0.1, 0.15) is 25.0 Å². The number of para-hydroxylation sites is 1. The Hall–Kier alpha value is -2.54. The standard InChI is InChI=1S/C20H19N/c1-4-8-18-17(15(2)3)11-12-20-19(18)13-14-21(20)16-9-6-5-7-10-16/h4-14H,2H2,1,3H3/b8-4-. The van der Waals surface area contributed by atoms with Gasteiger partial charge in [0.05, 0.1) is 5.52 Å². The molecular formula is C20H19N. The molecule has 3 aromatic rings. The van der Waals surface area contributed by atoms with Crippen molar-refractivity contribution in [3.63, 3.8) is 0 Å². The van der Waals surface area contributed by atoms with Crippen LogP contribution < -0.4 is 0 Å².